The van der Waals surface area contributed by atoms with Crippen molar-refractivity contribution in [2.75, 3.05) is 32.8 Å². The maximum absolute atomic E-state index is 12.3. The largest absolute Gasteiger partial charge is 0.381 e. The van der Waals surface area contributed by atoms with E-state index >= 15 is 0 Å². The minimum absolute atomic E-state index is 0.260. The molecule has 0 aromatic heterocycles. The molecule has 1 aromatic carbocycles. The maximum atomic E-state index is 12.3. The Morgan fingerprint density at radius 1 is 1.29 bits per heavy atom. The molecule has 3 nitrogen and oxygen atoms in total. The van der Waals surface area contributed by atoms with Crippen molar-refractivity contribution in [2.24, 2.45) is 5.92 Å². The third-order valence-corrected chi connectivity index (χ3v) is 5.25. The third kappa shape index (κ3) is 3.04. The summed E-state index contributed by atoms with van der Waals surface area (Å²) in [6.45, 7) is 6.75. The lowest BCUT2D eigenvalue weighted by atomic mass is 9.70. The van der Waals surface area contributed by atoms with E-state index in [1.807, 2.05) is 18.2 Å². The van der Waals surface area contributed by atoms with Crippen molar-refractivity contribution < 1.29 is 9.53 Å². The second kappa shape index (κ2) is 6.29. The molecule has 0 radical (unpaired) electrons. The molecule has 2 heterocycles. The third-order valence-electron chi connectivity index (χ3n) is 5.25. The molecule has 0 unspecified atom stereocenters. The summed E-state index contributed by atoms with van der Waals surface area (Å²) in [6.07, 6.45) is 3.08. The topological polar surface area (TPSA) is 29.5 Å². The van der Waals surface area contributed by atoms with Gasteiger partial charge in [-0.2, -0.15) is 0 Å². The number of hydrogen-bond donors (Lipinski definition) is 0. The van der Waals surface area contributed by atoms with Crippen LogP contribution in [0.1, 0.15) is 31.7 Å². The van der Waals surface area contributed by atoms with E-state index in [2.05, 4.69) is 17.0 Å². The van der Waals surface area contributed by atoms with E-state index in [-0.39, 0.29) is 5.41 Å². The first-order valence-electron chi connectivity index (χ1n) is 8.07. The number of carbonyl (C=O) groups excluding carboxylic acids is 1. The average molecular weight is 287 g/mol. The molecule has 0 N–H and O–H groups in total. The van der Waals surface area contributed by atoms with Crippen LogP contribution in [0.4, 0.5) is 0 Å². The predicted molar refractivity (Wildman–Crippen MR) is 83.4 cm³/mol. The van der Waals surface area contributed by atoms with Gasteiger partial charge in [0.2, 0.25) is 0 Å². The standard InChI is InChI=1S/C18H25NO2/c1-15(20)18(17-5-3-2-4-6-17)8-10-19(11-9-18)13-16-7-12-21-14-16/h2-6,16H,7-14H2,1H3/t16-/m1/s1. The van der Waals surface area contributed by atoms with Crippen molar-refractivity contribution in [2.45, 2.75) is 31.6 Å². The Balaban J connectivity index is 1.67. The van der Waals surface area contributed by atoms with Crippen molar-refractivity contribution in [3.63, 3.8) is 0 Å². The number of carbonyl (C=O) groups is 1. The summed E-state index contributed by atoms with van der Waals surface area (Å²) in [6, 6.07) is 10.3. The van der Waals surface area contributed by atoms with Gasteiger partial charge >= 0.3 is 0 Å². The first kappa shape index (κ1) is 14.7. The normalized spacial score (nSPS) is 25.9. The van der Waals surface area contributed by atoms with Gasteiger partial charge in [-0.05, 0) is 50.8 Å². The molecule has 2 saturated heterocycles. The lowest BCUT2D eigenvalue weighted by Crippen LogP contribution is -2.47. The van der Waals surface area contributed by atoms with Gasteiger partial charge in [-0.1, -0.05) is 30.3 Å². The summed E-state index contributed by atoms with van der Waals surface area (Å²) in [5, 5.41) is 0. The van der Waals surface area contributed by atoms with Crippen molar-refractivity contribution in [3.05, 3.63) is 35.9 Å². The van der Waals surface area contributed by atoms with E-state index < -0.39 is 0 Å². The highest BCUT2D eigenvalue weighted by molar-refractivity contribution is 5.88. The summed E-state index contributed by atoms with van der Waals surface area (Å²) in [5.74, 6) is 1.00. The number of ether oxygens (including phenoxy) is 1. The number of likely N-dealkylation sites (tertiary alicyclic amines) is 1. The summed E-state index contributed by atoms with van der Waals surface area (Å²) < 4.78 is 5.47. The van der Waals surface area contributed by atoms with Crippen LogP contribution in [0.3, 0.4) is 0 Å². The van der Waals surface area contributed by atoms with E-state index in [0.717, 1.165) is 45.7 Å². The molecular formula is C18H25NO2. The Kier molecular flexibility index (Phi) is 4.41. The van der Waals surface area contributed by atoms with E-state index in [0.29, 0.717) is 11.7 Å². The smallest absolute Gasteiger partial charge is 0.140 e. The molecule has 0 aliphatic carbocycles. The molecule has 0 amide bonds. The van der Waals surface area contributed by atoms with Crippen LogP contribution in [0.25, 0.3) is 0 Å². The van der Waals surface area contributed by atoms with E-state index in [1.54, 1.807) is 6.92 Å². The van der Waals surface area contributed by atoms with Gasteiger partial charge in [-0.25, -0.2) is 0 Å². The number of rotatable bonds is 4. The quantitative estimate of drug-likeness (QED) is 0.852. The molecule has 0 spiro atoms. The molecule has 0 bridgehead atoms. The summed E-state index contributed by atoms with van der Waals surface area (Å²) in [5.41, 5.74) is 0.936. The highest BCUT2D eigenvalue weighted by Gasteiger charge is 2.40. The Bertz CT molecular complexity index is 471. The van der Waals surface area contributed by atoms with Gasteiger partial charge < -0.3 is 9.64 Å². The molecule has 114 valence electrons. The first-order chi connectivity index (χ1) is 10.2. The van der Waals surface area contributed by atoms with Crippen LogP contribution >= 0.6 is 0 Å². The molecule has 21 heavy (non-hydrogen) atoms. The van der Waals surface area contributed by atoms with Crippen LogP contribution in [0.5, 0.6) is 0 Å². The van der Waals surface area contributed by atoms with Gasteiger partial charge in [-0.3, -0.25) is 4.79 Å². The minimum Gasteiger partial charge on any atom is -0.381 e. The Morgan fingerprint density at radius 3 is 2.57 bits per heavy atom. The minimum atomic E-state index is -0.260. The lowest BCUT2D eigenvalue weighted by molar-refractivity contribution is -0.124. The zero-order valence-corrected chi connectivity index (χ0v) is 12.9. The van der Waals surface area contributed by atoms with Crippen LogP contribution in [0.2, 0.25) is 0 Å². The highest BCUT2D eigenvalue weighted by Crippen LogP contribution is 2.36. The second-order valence-corrected chi connectivity index (χ2v) is 6.53. The van der Waals surface area contributed by atoms with Gasteiger partial charge in [0.25, 0.3) is 0 Å². The molecular weight excluding hydrogens is 262 g/mol. The Morgan fingerprint density at radius 2 is 2.00 bits per heavy atom. The molecule has 1 atom stereocenters. The van der Waals surface area contributed by atoms with Crippen LogP contribution in [0.15, 0.2) is 30.3 Å². The monoisotopic (exact) mass is 287 g/mol. The molecule has 2 aliphatic heterocycles. The number of ketones is 1. The van der Waals surface area contributed by atoms with Crippen molar-refractivity contribution in [1.29, 1.82) is 0 Å². The molecule has 2 aliphatic rings. The number of hydrogen-bond acceptors (Lipinski definition) is 3. The van der Waals surface area contributed by atoms with Gasteiger partial charge in [-0.15, -0.1) is 0 Å². The van der Waals surface area contributed by atoms with E-state index in [9.17, 15) is 4.79 Å². The van der Waals surface area contributed by atoms with Gasteiger partial charge in [0, 0.05) is 13.2 Å². The fraction of sp³-hybridized carbons (Fsp3) is 0.611. The lowest BCUT2D eigenvalue weighted by Gasteiger charge is -2.41. The Labute approximate surface area is 127 Å². The van der Waals surface area contributed by atoms with Gasteiger partial charge in [0.1, 0.15) is 5.78 Å². The highest BCUT2D eigenvalue weighted by atomic mass is 16.5. The van der Waals surface area contributed by atoms with Crippen LogP contribution in [0, 0.1) is 5.92 Å². The SMILES string of the molecule is CC(=O)C1(c2ccccc2)CCN(C[C@H]2CCOC2)CC1. The molecule has 0 saturated carbocycles. The first-order valence-corrected chi connectivity index (χ1v) is 8.07. The van der Waals surface area contributed by atoms with Crippen LogP contribution < -0.4 is 0 Å². The van der Waals surface area contributed by atoms with E-state index in [4.69, 9.17) is 4.74 Å². The maximum Gasteiger partial charge on any atom is 0.140 e. The molecule has 3 heteroatoms. The summed E-state index contributed by atoms with van der Waals surface area (Å²) >= 11 is 0. The fourth-order valence-electron chi connectivity index (χ4n) is 3.81. The summed E-state index contributed by atoms with van der Waals surface area (Å²) in [4.78, 5) is 14.9. The molecule has 3 rings (SSSR count). The van der Waals surface area contributed by atoms with Gasteiger partial charge in [0.05, 0.1) is 12.0 Å². The average Bonchev–Trinajstić information content (AvgIpc) is 3.02. The van der Waals surface area contributed by atoms with E-state index in [1.165, 1.54) is 12.0 Å². The van der Waals surface area contributed by atoms with Crippen LogP contribution in [-0.2, 0) is 14.9 Å². The van der Waals surface area contributed by atoms with Crippen molar-refractivity contribution in [3.8, 4) is 0 Å². The zero-order valence-electron chi connectivity index (χ0n) is 12.9. The number of benzene rings is 1. The summed E-state index contributed by atoms with van der Waals surface area (Å²) in [7, 11) is 0. The van der Waals surface area contributed by atoms with Crippen molar-refractivity contribution in [1.82, 2.24) is 4.90 Å². The number of nitrogens with zero attached hydrogens (tertiary/aromatic N) is 1. The van der Waals surface area contributed by atoms with Crippen molar-refractivity contribution >= 4 is 5.78 Å². The zero-order chi connectivity index (χ0) is 14.7. The Hall–Kier alpha value is -1.19. The second-order valence-electron chi connectivity index (χ2n) is 6.53. The molecule has 1 aromatic rings. The number of Topliss-reactive ketones (excluding diaryl/α,β-unsaturated/α-hetero) is 1. The number of piperidine rings is 1. The van der Waals surface area contributed by atoms with Gasteiger partial charge in [0.15, 0.2) is 0 Å². The molecule has 2 fully saturated rings. The predicted octanol–water partition coefficient (Wildman–Crippen LogP) is 2.65. The van der Waals surface area contributed by atoms with Crippen LogP contribution in [-0.4, -0.2) is 43.5 Å². The fourth-order valence-corrected chi connectivity index (χ4v) is 3.81.